The molecule has 0 saturated carbocycles. The van der Waals surface area contributed by atoms with E-state index in [1.807, 2.05) is 0 Å². The third-order valence-corrected chi connectivity index (χ3v) is 0.825. The molecule has 1 rings (SSSR count). The van der Waals surface area contributed by atoms with Gasteiger partial charge in [-0.05, 0) is 0 Å². The summed E-state index contributed by atoms with van der Waals surface area (Å²) >= 11 is 0. The fourth-order valence-corrected chi connectivity index (χ4v) is 0.480. The van der Waals surface area contributed by atoms with Crippen molar-refractivity contribution in [2.75, 3.05) is 6.54 Å². The van der Waals surface area contributed by atoms with E-state index in [2.05, 4.69) is 10.1 Å². The van der Waals surface area contributed by atoms with E-state index >= 15 is 0 Å². The molecule has 0 fully saturated rings. The highest BCUT2D eigenvalue weighted by Gasteiger charge is 1.83. The standard InChI is InChI=1S/C4H8N4.ClH/c5-1-2-8-4-6-3-7-8;/h3-4H,1-2,5H2;1H. The molecule has 1 aromatic heterocycles. The van der Waals surface area contributed by atoms with E-state index in [-0.39, 0.29) is 12.4 Å². The third kappa shape index (κ3) is 2.43. The molecule has 9 heavy (non-hydrogen) atoms. The highest BCUT2D eigenvalue weighted by Crippen LogP contribution is 1.74. The van der Waals surface area contributed by atoms with E-state index in [4.69, 9.17) is 5.73 Å². The summed E-state index contributed by atoms with van der Waals surface area (Å²) in [6.07, 6.45) is 3.14. The molecule has 0 bridgehead atoms. The summed E-state index contributed by atoms with van der Waals surface area (Å²) in [6.45, 7) is 1.36. The minimum absolute atomic E-state index is 0. The lowest BCUT2D eigenvalue weighted by atomic mass is 10.7. The van der Waals surface area contributed by atoms with Crippen LogP contribution in [0.5, 0.6) is 0 Å². The van der Waals surface area contributed by atoms with Crippen molar-refractivity contribution in [2.24, 2.45) is 5.73 Å². The Kier molecular flexibility index (Phi) is 4.00. The summed E-state index contributed by atoms with van der Waals surface area (Å²) in [6, 6.07) is 0. The van der Waals surface area contributed by atoms with Crippen molar-refractivity contribution < 1.29 is 0 Å². The smallest absolute Gasteiger partial charge is 0.137 e. The predicted molar refractivity (Wildman–Crippen MR) is 36.3 cm³/mol. The van der Waals surface area contributed by atoms with Gasteiger partial charge in [-0.2, -0.15) is 5.10 Å². The molecule has 52 valence electrons. The first kappa shape index (κ1) is 8.39. The number of halogens is 1. The molecule has 0 saturated heterocycles. The van der Waals surface area contributed by atoms with Crippen LogP contribution in [-0.2, 0) is 6.54 Å². The van der Waals surface area contributed by atoms with Crippen LogP contribution in [0, 0.1) is 0 Å². The van der Waals surface area contributed by atoms with Gasteiger partial charge >= 0.3 is 0 Å². The molecule has 0 amide bonds. The van der Waals surface area contributed by atoms with Gasteiger partial charge in [-0.1, -0.05) is 0 Å². The van der Waals surface area contributed by atoms with Gasteiger partial charge in [0, 0.05) is 6.54 Å². The minimum Gasteiger partial charge on any atom is -0.329 e. The molecule has 5 heteroatoms. The zero-order valence-corrected chi connectivity index (χ0v) is 5.71. The fourth-order valence-electron chi connectivity index (χ4n) is 0.480. The second kappa shape index (κ2) is 4.29. The molecule has 0 aliphatic heterocycles. The first-order chi connectivity index (χ1) is 3.93. The first-order valence-electron chi connectivity index (χ1n) is 2.46. The Morgan fingerprint density at radius 3 is 2.78 bits per heavy atom. The van der Waals surface area contributed by atoms with Crippen molar-refractivity contribution in [2.45, 2.75) is 6.54 Å². The van der Waals surface area contributed by atoms with Gasteiger partial charge in [0.05, 0.1) is 6.54 Å². The summed E-state index contributed by atoms with van der Waals surface area (Å²) < 4.78 is 1.69. The number of nitrogens with two attached hydrogens (primary N) is 1. The quantitative estimate of drug-likeness (QED) is 0.624. The molecule has 0 radical (unpaired) electrons. The van der Waals surface area contributed by atoms with Crippen LogP contribution < -0.4 is 5.73 Å². The lowest BCUT2D eigenvalue weighted by Gasteiger charge is -1.91. The van der Waals surface area contributed by atoms with Gasteiger partial charge in [0.25, 0.3) is 0 Å². The monoisotopic (exact) mass is 148 g/mol. The van der Waals surface area contributed by atoms with Crippen molar-refractivity contribution in [3.8, 4) is 0 Å². The SMILES string of the molecule is Cl.NCCn1cncn1. The average Bonchev–Trinajstić information content (AvgIpc) is 2.19. The summed E-state index contributed by atoms with van der Waals surface area (Å²) in [5.41, 5.74) is 5.23. The maximum Gasteiger partial charge on any atom is 0.137 e. The van der Waals surface area contributed by atoms with Crippen LogP contribution in [0.15, 0.2) is 12.7 Å². The Bertz CT molecular complexity index is 138. The third-order valence-electron chi connectivity index (χ3n) is 0.825. The topological polar surface area (TPSA) is 56.7 Å². The molecule has 0 spiro atoms. The average molecular weight is 149 g/mol. The first-order valence-corrected chi connectivity index (χ1v) is 2.46. The van der Waals surface area contributed by atoms with E-state index < -0.39 is 0 Å². The van der Waals surface area contributed by atoms with Crippen LogP contribution in [0.2, 0.25) is 0 Å². The Balaban J connectivity index is 0.000000640. The van der Waals surface area contributed by atoms with Crippen LogP contribution in [0.25, 0.3) is 0 Å². The normalized spacial score (nSPS) is 8.56. The van der Waals surface area contributed by atoms with Crippen LogP contribution in [-0.4, -0.2) is 21.3 Å². The maximum absolute atomic E-state index is 5.23. The van der Waals surface area contributed by atoms with Gasteiger partial charge in [-0.25, -0.2) is 4.98 Å². The van der Waals surface area contributed by atoms with E-state index in [0.29, 0.717) is 6.54 Å². The lowest BCUT2D eigenvalue weighted by Crippen LogP contribution is -2.09. The Labute approximate surface area is 59.5 Å². The highest BCUT2D eigenvalue weighted by molar-refractivity contribution is 5.85. The van der Waals surface area contributed by atoms with E-state index in [1.54, 1.807) is 11.0 Å². The van der Waals surface area contributed by atoms with Gasteiger partial charge in [0.1, 0.15) is 12.7 Å². The zero-order chi connectivity index (χ0) is 5.82. The molecule has 0 aromatic carbocycles. The molecular weight excluding hydrogens is 140 g/mol. The fraction of sp³-hybridized carbons (Fsp3) is 0.500. The number of aromatic nitrogens is 3. The number of hydrogen-bond donors (Lipinski definition) is 1. The second-order valence-electron chi connectivity index (χ2n) is 1.45. The molecular formula is C4H9ClN4. The largest absolute Gasteiger partial charge is 0.329 e. The van der Waals surface area contributed by atoms with Gasteiger partial charge in [0.15, 0.2) is 0 Å². The van der Waals surface area contributed by atoms with Crippen LogP contribution in [0.3, 0.4) is 0 Å². The number of nitrogens with zero attached hydrogens (tertiary/aromatic N) is 3. The number of rotatable bonds is 2. The zero-order valence-electron chi connectivity index (χ0n) is 4.90. The maximum atomic E-state index is 5.23. The summed E-state index contributed by atoms with van der Waals surface area (Å²) in [4.78, 5) is 3.74. The summed E-state index contributed by atoms with van der Waals surface area (Å²) in [7, 11) is 0. The Morgan fingerprint density at radius 1 is 1.56 bits per heavy atom. The molecule has 1 heterocycles. The second-order valence-corrected chi connectivity index (χ2v) is 1.45. The molecule has 0 aliphatic carbocycles. The van der Waals surface area contributed by atoms with Gasteiger partial charge in [0.2, 0.25) is 0 Å². The van der Waals surface area contributed by atoms with Gasteiger partial charge in [-0.15, -0.1) is 12.4 Å². The van der Waals surface area contributed by atoms with E-state index in [1.165, 1.54) is 6.33 Å². The van der Waals surface area contributed by atoms with Crippen LogP contribution in [0.4, 0.5) is 0 Å². The van der Waals surface area contributed by atoms with Crippen molar-refractivity contribution in [3.63, 3.8) is 0 Å². The van der Waals surface area contributed by atoms with Crippen LogP contribution >= 0.6 is 12.4 Å². The molecule has 0 aliphatic rings. The van der Waals surface area contributed by atoms with Gasteiger partial charge < -0.3 is 5.73 Å². The van der Waals surface area contributed by atoms with E-state index in [0.717, 1.165) is 6.54 Å². The molecule has 0 unspecified atom stereocenters. The molecule has 1 aromatic rings. The molecule has 4 nitrogen and oxygen atoms in total. The molecule has 0 atom stereocenters. The Morgan fingerprint density at radius 2 is 2.33 bits per heavy atom. The highest BCUT2D eigenvalue weighted by atomic mass is 35.5. The van der Waals surface area contributed by atoms with Crippen molar-refractivity contribution in [3.05, 3.63) is 12.7 Å². The van der Waals surface area contributed by atoms with Crippen molar-refractivity contribution in [1.29, 1.82) is 0 Å². The number of hydrogen-bond acceptors (Lipinski definition) is 3. The summed E-state index contributed by atoms with van der Waals surface area (Å²) in [5.74, 6) is 0. The lowest BCUT2D eigenvalue weighted by molar-refractivity contribution is 0.623. The summed E-state index contributed by atoms with van der Waals surface area (Å²) in [5, 5.41) is 3.83. The predicted octanol–water partition coefficient (Wildman–Crippen LogP) is -0.341. The van der Waals surface area contributed by atoms with Gasteiger partial charge in [-0.3, -0.25) is 4.68 Å². The van der Waals surface area contributed by atoms with Crippen LogP contribution in [0.1, 0.15) is 0 Å². The van der Waals surface area contributed by atoms with E-state index in [9.17, 15) is 0 Å². The molecule has 2 N–H and O–H groups in total. The Hall–Kier alpha value is -0.610. The van der Waals surface area contributed by atoms with Crippen molar-refractivity contribution >= 4 is 12.4 Å². The van der Waals surface area contributed by atoms with Crippen molar-refractivity contribution in [1.82, 2.24) is 14.8 Å². The minimum atomic E-state index is 0.